The van der Waals surface area contributed by atoms with Crippen LogP contribution in [0.5, 0.6) is 0 Å². The number of rotatable bonds is 5. The summed E-state index contributed by atoms with van der Waals surface area (Å²) in [6.07, 6.45) is 5.98. The third kappa shape index (κ3) is 3.81. The highest BCUT2D eigenvalue weighted by molar-refractivity contribution is 7.89. The summed E-state index contributed by atoms with van der Waals surface area (Å²) >= 11 is 0. The third-order valence-corrected chi connectivity index (χ3v) is 5.64. The Morgan fingerprint density at radius 2 is 1.95 bits per heavy atom. The van der Waals surface area contributed by atoms with Crippen LogP contribution in [0.25, 0.3) is 0 Å². The minimum atomic E-state index is -3.41. The molecule has 0 radical (unpaired) electrons. The molecule has 1 aromatic rings. The average Bonchev–Trinajstić information content (AvgIpc) is 2.46. The fraction of sp³-hybridized carbons (Fsp3) is 0.600. The van der Waals surface area contributed by atoms with Crippen LogP contribution in [-0.4, -0.2) is 15.0 Å². The molecule has 0 saturated heterocycles. The summed E-state index contributed by atoms with van der Waals surface area (Å²) in [6.45, 7) is 2.80. The zero-order chi connectivity index (χ0) is 14.6. The van der Waals surface area contributed by atoms with Gasteiger partial charge in [-0.15, -0.1) is 0 Å². The number of sulfonamides is 1. The van der Waals surface area contributed by atoms with Crippen LogP contribution < -0.4 is 10.5 Å². The molecule has 0 unspecified atom stereocenters. The van der Waals surface area contributed by atoms with Gasteiger partial charge in [0.2, 0.25) is 10.0 Å². The first kappa shape index (κ1) is 15.5. The van der Waals surface area contributed by atoms with E-state index in [1.165, 1.54) is 19.3 Å². The number of hydrogen-bond donors (Lipinski definition) is 2. The Morgan fingerprint density at radius 3 is 2.55 bits per heavy atom. The van der Waals surface area contributed by atoms with Gasteiger partial charge in [0.15, 0.2) is 0 Å². The molecule has 1 saturated carbocycles. The lowest BCUT2D eigenvalue weighted by molar-refractivity contribution is 0.357. The Kier molecular flexibility index (Phi) is 5.18. The summed E-state index contributed by atoms with van der Waals surface area (Å²) in [7, 11) is -3.41. The van der Waals surface area contributed by atoms with Crippen molar-refractivity contribution >= 4 is 10.0 Å². The molecule has 0 aromatic heterocycles. The van der Waals surface area contributed by atoms with Crippen LogP contribution in [0.3, 0.4) is 0 Å². The first-order chi connectivity index (χ1) is 9.53. The second-order valence-corrected chi connectivity index (χ2v) is 7.40. The van der Waals surface area contributed by atoms with Gasteiger partial charge in [0.05, 0.1) is 4.90 Å². The van der Waals surface area contributed by atoms with E-state index in [4.69, 9.17) is 5.73 Å². The molecule has 5 heteroatoms. The van der Waals surface area contributed by atoms with Crippen LogP contribution in [0.2, 0.25) is 0 Å². The van der Waals surface area contributed by atoms with Gasteiger partial charge in [-0.2, -0.15) is 0 Å². The average molecular weight is 296 g/mol. The lowest BCUT2D eigenvalue weighted by Gasteiger charge is -2.22. The fourth-order valence-electron chi connectivity index (χ4n) is 2.84. The molecule has 0 amide bonds. The Balaban J connectivity index is 2.05. The maximum Gasteiger partial charge on any atom is 0.240 e. The summed E-state index contributed by atoms with van der Waals surface area (Å²) in [5.41, 5.74) is 7.28. The van der Waals surface area contributed by atoms with Crippen molar-refractivity contribution in [3.05, 3.63) is 29.3 Å². The van der Waals surface area contributed by atoms with Crippen LogP contribution in [0, 0.1) is 12.8 Å². The van der Waals surface area contributed by atoms with Gasteiger partial charge in [-0.1, -0.05) is 31.4 Å². The van der Waals surface area contributed by atoms with Gasteiger partial charge >= 0.3 is 0 Å². The Bertz CT molecular complexity index is 549. The molecule has 0 bridgehead atoms. The van der Waals surface area contributed by atoms with Crippen molar-refractivity contribution in [1.82, 2.24) is 4.72 Å². The lowest BCUT2D eigenvalue weighted by atomic mass is 9.90. The van der Waals surface area contributed by atoms with Gasteiger partial charge in [0.1, 0.15) is 0 Å². The molecule has 0 atom stereocenters. The van der Waals surface area contributed by atoms with Crippen molar-refractivity contribution in [2.24, 2.45) is 11.7 Å². The minimum absolute atomic E-state index is 0.366. The topological polar surface area (TPSA) is 72.2 Å². The zero-order valence-electron chi connectivity index (χ0n) is 12.1. The second-order valence-electron chi connectivity index (χ2n) is 5.66. The smallest absolute Gasteiger partial charge is 0.240 e. The highest BCUT2D eigenvalue weighted by Crippen LogP contribution is 2.24. The third-order valence-electron chi connectivity index (χ3n) is 4.05. The van der Waals surface area contributed by atoms with Gasteiger partial charge in [-0.3, -0.25) is 0 Å². The van der Waals surface area contributed by atoms with Gasteiger partial charge < -0.3 is 5.73 Å². The first-order valence-electron chi connectivity index (χ1n) is 7.32. The maximum atomic E-state index is 12.4. The molecule has 1 aromatic carbocycles. The van der Waals surface area contributed by atoms with Crippen molar-refractivity contribution in [3.63, 3.8) is 0 Å². The summed E-state index contributed by atoms with van der Waals surface area (Å²) < 4.78 is 27.5. The predicted molar refractivity (Wildman–Crippen MR) is 80.8 cm³/mol. The molecule has 0 heterocycles. The molecule has 1 fully saturated rings. The summed E-state index contributed by atoms with van der Waals surface area (Å²) in [5, 5.41) is 0. The van der Waals surface area contributed by atoms with E-state index in [-0.39, 0.29) is 0 Å². The molecular formula is C15H24N2O2S. The summed E-state index contributed by atoms with van der Waals surface area (Å²) in [5.74, 6) is 0.488. The van der Waals surface area contributed by atoms with Crippen LogP contribution in [0.15, 0.2) is 23.1 Å². The molecule has 1 aliphatic carbocycles. The fourth-order valence-corrected chi connectivity index (χ4v) is 4.18. The van der Waals surface area contributed by atoms with E-state index in [1.807, 2.05) is 13.0 Å². The van der Waals surface area contributed by atoms with Crippen molar-refractivity contribution in [2.45, 2.75) is 50.5 Å². The second kappa shape index (κ2) is 6.70. The van der Waals surface area contributed by atoms with Gasteiger partial charge in [-0.25, -0.2) is 13.1 Å². The standard InChI is InChI=1S/C15H24N2O2S/c1-12-9-14(10-16)7-8-15(12)20(18,19)17-11-13-5-3-2-4-6-13/h7-9,13,17H,2-6,10-11,16H2,1H3. The lowest BCUT2D eigenvalue weighted by Crippen LogP contribution is -2.30. The Hall–Kier alpha value is -0.910. The zero-order valence-corrected chi connectivity index (χ0v) is 12.9. The Morgan fingerprint density at radius 1 is 1.25 bits per heavy atom. The van der Waals surface area contributed by atoms with Crippen LogP contribution in [-0.2, 0) is 16.6 Å². The van der Waals surface area contributed by atoms with Gasteiger partial charge in [-0.05, 0) is 42.9 Å². The molecule has 20 heavy (non-hydrogen) atoms. The number of hydrogen-bond acceptors (Lipinski definition) is 3. The SMILES string of the molecule is Cc1cc(CN)ccc1S(=O)(=O)NCC1CCCCC1. The summed E-state index contributed by atoms with van der Waals surface area (Å²) in [4.78, 5) is 0.366. The molecule has 112 valence electrons. The van der Waals surface area contributed by atoms with Crippen molar-refractivity contribution in [3.8, 4) is 0 Å². The maximum absolute atomic E-state index is 12.4. The molecular weight excluding hydrogens is 272 g/mol. The van der Waals surface area contributed by atoms with Crippen LogP contribution in [0.4, 0.5) is 0 Å². The van der Waals surface area contributed by atoms with E-state index in [2.05, 4.69) is 4.72 Å². The highest BCUT2D eigenvalue weighted by atomic mass is 32.2. The van der Waals surface area contributed by atoms with Gasteiger partial charge in [0, 0.05) is 13.1 Å². The number of benzene rings is 1. The molecule has 1 aliphatic rings. The van der Waals surface area contributed by atoms with Crippen molar-refractivity contribution in [2.75, 3.05) is 6.54 Å². The van der Waals surface area contributed by atoms with Crippen molar-refractivity contribution < 1.29 is 8.42 Å². The number of nitrogens with one attached hydrogen (secondary N) is 1. The molecule has 2 rings (SSSR count). The summed E-state index contributed by atoms with van der Waals surface area (Å²) in [6, 6.07) is 5.28. The van der Waals surface area contributed by atoms with Crippen LogP contribution >= 0.6 is 0 Å². The Labute approximate surface area is 121 Å². The first-order valence-corrected chi connectivity index (χ1v) is 8.80. The van der Waals surface area contributed by atoms with E-state index >= 15 is 0 Å². The monoisotopic (exact) mass is 296 g/mol. The number of aryl methyl sites for hydroxylation is 1. The molecule has 3 N–H and O–H groups in total. The van der Waals surface area contributed by atoms with Crippen LogP contribution in [0.1, 0.15) is 43.2 Å². The predicted octanol–water partition coefficient (Wildman–Crippen LogP) is 2.31. The van der Waals surface area contributed by atoms with E-state index < -0.39 is 10.0 Å². The quantitative estimate of drug-likeness (QED) is 0.876. The number of nitrogens with two attached hydrogens (primary N) is 1. The normalized spacial score (nSPS) is 17.3. The highest BCUT2D eigenvalue weighted by Gasteiger charge is 2.20. The van der Waals surface area contributed by atoms with E-state index in [0.29, 0.717) is 23.9 Å². The van der Waals surface area contributed by atoms with Crippen molar-refractivity contribution in [1.29, 1.82) is 0 Å². The minimum Gasteiger partial charge on any atom is -0.326 e. The van der Waals surface area contributed by atoms with Gasteiger partial charge in [0.25, 0.3) is 0 Å². The van der Waals surface area contributed by atoms with E-state index in [1.54, 1.807) is 12.1 Å². The molecule has 0 aliphatic heterocycles. The van der Waals surface area contributed by atoms with E-state index in [9.17, 15) is 8.42 Å². The largest absolute Gasteiger partial charge is 0.326 e. The van der Waals surface area contributed by atoms with E-state index in [0.717, 1.165) is 24.0 Å². The molecule has 0 spiro atoms. The molecule has 4 nitrogen and oxygen atoms in total.